The summed E-state index contributed by atoms with van der Waals surface area (Å²) >= 11 is 6.13. The molecule has 2 N–H and O–H groups in total. The van der Waals surface area contributed by atoms with Crippen LogP contribution in [-0.4, -0.2) is 27.7 Å². The molecule has 26 heavy (non-hydrogen) atoms. The van der Waals surface area contributed by atoms with Crippen LogP contribution in [0.25, 0.3) is 5.65 Å². The predicted octanol–water partition coefficient (Wildman–Crippen LogP) is 3.56. The summed E-state index contributed by atoms with van der Waals surface area (Å²) in [4.78, 5) is 5.03. The fourth-order valence-corrected chi connectivity index (χ4v) is 4.75. The van der Waals surface area contributed by atoms with Gasteiger partial charge in [0.1, 0.15) is 5.82 Å². The zero-order valence-electron chi connectivity index (χ0n) is 14.6. The molecule has 1 aromatic carbocycles. The van der Waals surface area contributed by atoms with Crippen molar-refractivity contribution in [3.05, 3.63) is 58.4 Å². The molecular formula is C20H22ClN5. The monoisotopic (exact) mass is 367 g/mol. The van der Waals surface area contributed by atoms with Gasteiger partial charge in [-0.1, -0.05) is 23.7 Å². The topological polar surface area (TPSA) is 54.2 Å². The normalized spacial score (nSPS) is 18.3. The van der Waals surface area contributed by atoms with Crippen LogP contribution < -0.4 is 10.6 Å². The van der Waals surface area contributed by atoms with Gasteiger partial charge in [-0.25, -0.2) is 4.98 Å². The fourth-order valence-electron chi connectivity index (χ4n) is 4.54. The Bertz CT molecular complexity index is 958. The highest BCUT2D eigenvalue weighted by atomic mass is 35.5. The van der Waals surface area contributed by atoms with Gasteiger partial charge in [0.05, 0.1) is 11.9 Å². The predicted molar refractivity (Wildman–Crippen MR) is 104 cm³/mol. The molecule has 3 aromatic rings. The average molecular weight is 368 g/mol. The molecule has 5 rings (SSSR count). The van der Waals surface area contributed by atoms with Gasteiger partial charge in [0.15, 0.2) is 5.65 Å². The van der Waals surface area contributed by atoms with Gasteiger partial charge in [0.25, 0.3) is 0 Å². The fraction of sp³-hybridized carbons (Fsp3) is 0.400. The van der Waals surface area contributed by atoms with Crippen LogP contribution in [0.4, 0.5) is 5.82 Å². The molecule has 1 aliphatic heterocycles. The van der Waals surface area contributed by atoms with E-state index in [0.29, 0.717) is 0 Å². The second-order valence-corrected chi connectivity index (χ2v) is 7.84. The Kier molecular flexibility index (Phi) is 3.87. The highest BCUT2D eigenvalue weighted by Crippen LogP contribution is 2.46. The number of benzene rings is 1. The molecule has 0 atom stereocenters. The first kappa shape index (κ1) is 16.1. The number of rotatable bonds is 3. The van der Waals surface area contributed by atoms with E-state index in [-0.39, 0.29) is 5.41 Å². The minimum atomic E-state index is 0.235. The maximum absolute atomic E-state index is 6.13. The van der Waals surface area contributed by atoms with Crippen LogP contribution in [-0.2, 0) is 18.4 Å². The van der Waals surface area contributed by atoms with Gasteiger partial charge >= 0.3 is 0 Å². The summed E-state index contributed by atoms with van der Waals surface area (Å²) in [5.41, 5.74) is 4.96. The van der Waals surface area contributed by atoms with E-state index in [1.165, 1.54) is 30.5 Å². The Balaban J connectivity index is 1.56. The lowest BCUT2D eigenvalue weighted by atomic mass is 9.77. The maximum Gasteiger partial charge on any atom is 0.157 e. The molecular weight excluding hydrogens is 346 g/mol. The summed E-state index contributed by atoms with van der Waals surface area (Å²) in [6.45, 7) is 2.88. The van der Waals surface area contributed by atoms with Gasteiger partial charge in [-0.3, -0.25) is 0 Å². The number of nitrogens with one attached hydrogen (secondary N) is 2. The van der Waals surface area contributed by atoms with Crippen LogP contribution in [0, 0.1) is 0 Å². The molecule has 0 bridgehead atoms. The standard InChI is InChI=1S/C20H22ClN5/c21-15-3-1-2-14(12-15)13-23-19-16-4-6-20(7-10-22-11-8-20)18(16)25-17-5-9-24-26(17)19/h1-3,5,9,12,22-23H,4,6-8,10-11,13H2. The van der Waals surface area contributed by atoms with Crippen LogP contribution in [0.1, 0.15) is 36.1 Å². The zero-order valence-corrected chi connectivity index (χ0v) is 15.4. The van der Waals surface area contributed by atoms with Gasteiger partial charge < -0.3 is 10.6 Å². The second kappa shape index (κ2) is 6.25. The van der Waals surface area contributed by atoms with E-state index in [1.807, 2.05) is 35.0 Å². The van der Waals surface area contributed by atoms with Crippen molar-refractivity contribution in [1.29, 1.82) is 0 Å². The highest BCUT2D eigenvalue weighted by Gasteiger charge is 2.42. The summed E-state index contributed by atoms with van der Waals surface area (Å²) in [7, 11) is 0. The molecule has 0 amide bonds. The molecule has 0 saturated carbocycles. The van der Waals surface area contributed by atoms with Gasteiger partial charge in [-0.2, -0.15) is 9.61 Å². The molecule has 1 saturated heterocycles. The number of hydrogen-bond donors (Lipinski definition) is 2. The molecule has 5 nitrogen and oxygen atoms in total. The third kappa shape index (κ3) is 2.58. The van der Waals surface area contributed by atoms with Crippen molar-refractivity contribution in [1.82, 2.24) is 19.9 Å². The number of anilines is 1. The zero-order chi connectivity index (χ0) is 17.6. The molecule has 0 radical (unpaired) electrons. The smallest absolute Gasteiger partial charge is 0.157 e. The van der Waals surface area contributed by atoms with Crippen LogP contribution in [0.5, 0.6) is 0 Å². The first-order valence-electron chi connectivity index (χ1n) is 9.31. The van der Waals surface area contributed by atoms with E-state index in [9.17, 15) is 0 Å². The van der Waals surface area contributed by atoms with Crippen molar-refractivity contribution >= 4 is 23.1 Å². The van der Waals surface area contributed by atoms with Crippen molar-refractivity contribution in [2.75, 3.05) is 18.4 Å². The minimum Gasteiger partial charge on any atom is -0.366 e. The number of piperidine rings is 1. The molecule has 1 aliphatic carbocycles. The third-order valence-corrected chi connectivity index (χ3v) is 6.13. The van der Waals surface area contributed by atoms with E-state index in [4.69, 9.17) is 16.6 Å². The first-order valence-corrected chi connectivity index (χ1v) is 9.69. The Morgan fingerprint density at radius 2 is 2.08 bits per heavy atom. The van der Waals surface area contributed by atoms with Crippen molar-refractivity contribution in [3.63, 3.8) is 0 Å². The van der Waals surface area contributed by atoms with Crippen LogP contribution in [0.3, 0.4) is 0 Å². The Morgan fingerprint density at radius 1 is 1.19 bits per heavy atom. The first-order chi connectivity index (χ1) is 12.8. The lowest BCUT2D eigenvalue weighted by Crippen LogP contribution is -2.39. The summed E-state index contributed by atoms with van der Waals surface area (Å²) < 4.78 is 1.95. The van der Waals surface area contributed by atoms with Crippen LogP contribution in [0.15, 0.2) is 36.5 Å². The summed E-state index contributed by atoms with van der Waals surface area (Å²) in [6.07, 6.45) is 6.43. The van der Waals surface area contributed by atoms with Crippen molar-refractivity contribution in [2.24, 2.45) is 0 Å². The van der Waals surface area contributed by atoms with E-state index in [1.54, 1.807) is 0 Å². The van der Waals surface area contributed by atoms with Crippen molar-refractivity contribution in [2.45, 2.75) is 37.6 Å². The van der Waals surface area contributed by atoms with E-state index in [0.717, 1.165) is 48.1 Å². The molecule has 1 spiro atoms. The van der Waals surface area contributed by atoms with Gasteiger partial charge in [-0.15, -0.1) is 0 Å². The van der Waals surface area contributed by atoms with Crippen LogP contribution >= 0.6 is 11.6 Å². The SMILES string of the molecule is Clc1cccc(CNc2c3c(nc4ccnn24)C2(CCNCC2)CC3)c1. The number of hydrogen-bond acceptors (Lipinski definition) is 4. The molecule has 6 heteroatoms. The number of halogens is 1. The molecule has 134 valence electrons. The van der Waals surface area contributed by atoms with Crippen molar-refractivity contribution < 1.29 is 0 Å². The Hall–Kier alpha value is -2.11. The number of fused-ring (bicyclic) bond motifs is 3. The molecule has 0 unspecified atom stereocenters. The lowest BCUT2D eigenvalue weighted by molar-refractivity contribution is 0.301. The van der Waals surface area contributed by atoms with Gasteiger partial charge in [0, 0.05) is 28.6 Å². The maximum atomic E-state index is 6.13. The Morgan fingerprint density at radius 3 is 2.92 bits per heavy atom. The summed E-state index contributed by atoms with van der Waals surface area (Å²) in [5, 5.41) is 12.4. The molecule has 2 aliphatic rings. The summed E-state index contributed by atoms with van der Waals surface area (Å²) in [6, 6.07) is 9.99. The second-order valence-electron chi connectivity index (χ2n) is 7.40. The average Bonchev–Trinajstić information content (AvgIpc) is 3.26. The minimum absolute atomic E-state index is 0.235. The van der Waals surface area contributed by atoms with E-state index >= 15 is 0 Å². The summed E-state index contributed by atoms with van der Waals surface area (Å²) in [5.74, 6) is 1.09. The number of nitrogens with zero attached hydrogens (tertiary/aromatic N) is 3. The molecule has 3 heterocycles. The van der Waals surface area contributed by atoms with Crippen LogP contribution in [0.2, 0.25) is 5.02 Å². The van der Waals surface area contributed by atoms with Gasteiger partial charge in [-0.05, 0) is 56.5 Å². The lowest BCUT2D eigenvalue weighted by Gasteiger charge is -2.34. The Labute approximate surface area is 157 Å². The quantitative estimate of drug-likeness (QED) is 0.743. The van der Waals surface area contributed by atoms with Gasteiger partial charge in [0.2, 0.25) is 0 Å². The highest BCUT2D eigenvalue weighted by molar-refractivity contribution is 6.30. The third-order valence-electron chi connectivity index (χ3n) is 5.90. The van der Waals surface area contributed by atoms with Crippen molar-refractivity contribution in [3.8, 4) is 0 Å². The molecule has 2 aromatic heterocycles. The van der Waals surface area contributed by atoms with E-state index < -0.39 is 0 Å². The molecule has 1 fully saturated rings. The largest absolute Gasteiger partial charge is 0.366 e. The number of aromatic nitrogens is 3. The van der Waals surface area contributed by atoms with E-state index in [2.05, 4.69) is 21.8 Å².